The number of likely N-dealkylation sites (tertiary alicyclic amines) is 1. The second kappa shape index (κ2) is 17.4. The molecule has 0 spiro atoms. The highest BCUT2D eigenvalue weighted by Gasteiger charge is 2.49. The third-order valence-corrected chi connectivity index (χ3v) is 8.32. The molecule has 4 fully saturated rings. The number of carbonyl (C=O) groups is 6. The summed E-state index contributed by atoms with van der Waals surface area (Å²) in [5.74, 6) is -0.556. The lowest BCUT2D eigenvalue weighted by atomic mass is 10.1. The molecule has 4 amide bonds. The summed E-state index contributed by atoms with van der Waals surface area (Å²) in [7, 11) is 2.77. The lowest BCUT2D eigenvalue weighted by Crippen LogP contribution is -2.44. The van der Waals surface area contributed by atoms with Crippen molar-refractivity contribution < 1.29 is 52.5 Å². The molecular formula is C35H59N3O11. The number of amides is 4. The maximum absolute atomic E-state index is 11.7. The molecule has 0 aromatic heterocycles. The second-order valence-electron chi connectivity index (χ2n) is 16.1. The molecule has 4 aliphatic rings. The van der Waals surface area contributed by atoms with E-state index in [4.69, 9.17) is 14.2 Å². The van der Waals surface area contributed by atoms with E-state index in [1.165, 1.54) is 19.1 Å². The van der Waals surface area contributed by atoms with E-state index in [9.17, 15) is 28.8 Å². The number of esters is 2. The quantitative estimate of drug-likeness (QED) is 0.275. The zero-order valence-electron chi connectivity index (χ0n) is 31.3. The summed E-state index contributed by atoms with van der Waals surface area (Å²) >= 11 is 0. The van der Waals surface area contributed by atoms with Crippen LogP contribution in [0.1, 0.15) is 120 Å². The van der Waals surface area contributed by atoms with Crippen LogP contribution in [-0.4, -0.2) is 90.2 Å². The number of fused-ring (bicyclic) bond motifs is 2. The number of rotatable bonds is 4. The number of imide groups is 1. The van der Waals surface area contributed by atoms with Crippen LogP contribution in [-0.2, 0) is 38.1 Å². The highest BCUT2D eigenvalue weighted by molar-refractivity contribution is 5.96. The van der Waals surface area contributed by atoms with Crippen LogP contribution in [0.25, 0.3) is 0 Å². The third-order valence-electron chi connectivity index (χ3n) is 8.32. The maximum atomic E-state index is 11.7. The molecule has 0 aromatic carbocycles. The molecule has 14 heteroatoms. The van der Waals surface area contributed by atoms with Gasteiger partial charge in [-0.15, -0.1) is 0 Å². The Morgan fingerprint density at radius 2 is 1.00 bits per heavy atom. The molecule has 280 valence electrons. The van der Waals surface area contributed by atoms with Crippen molar-refractivity contribution in [2.24, 2.45) is 17.8 Å². The average molecular weight is 698 g/mol. The normalized spacial score (nSPS) is 25.9. The molecule has 2 bridgehead atoms. The molecular weight excluding hydrogens is 638 g/mol. The zero-order valence-corrected chi connectivity index (χ0v) is 31.3. The summed E-state index contributed by atoms with van der Waals surface area (Å²) in [6.07, 6.45) is 5.74. The van der Waals surface area contributed by atoms with E-state index in [2.05, 4.69) is 20.1 Å². The summed E-state index contributed by atoms with van der Waals surface area (Å²) in [6, 6.07) is 0.111. The van der Waals surface area contributed by atoms with Crippen LogP contribution in [0.4, 0.5) is 14.4 Å². The minimum absolute atomic E-state index is 0.00829. The zero-order chi connectivity index (χ0) is 37.3. The third kappa shape index (κ3) is 14.4. The average Bonchev–Trinajstić information content (AvgIpc) is 3.75. The van der Waals surface area contributed by atoms with Gasteiger partial charge in [-0.2, -0.15) is 0 Å². The first kappa shape index (κ1) is 41.6. The highest BCUT2D eigenvalue weighted by atomic mass is 16.6. The van der Waals surface area contributed by atoms with Gasteiger partial charge in [0.25, 0.3) is 0 Å². The highest BCUT2D eigenvalue weighted by Crippen LogP contribution is 2.39. The number of nitrogens with one attached hydrogen (secondary N) is 2. The van der Waals surface area contributed by atoms with Gasteiger partial charge in [-0.1, -0.05) is 0 Å². The van der Waals surface area contributed by atoms with Crippen LogP contribution in [0.15, 0.2) is 0 Å². The Morgan fingerprint density at radius 3 is 1.33 bits per heavy atom. The van der Waals surface area contributed by atoms with Gasteiger partial charge >= 0.3 is 30.2 Å². The first-order chi connectivity index (χ1) is 22.5. The number of carbonyl (C=O) groups excluding carboxylic acids is 6. The van der Waals surface area contributed by atoms with Gasteiger partial charge in [0.1, 0.15) is 16.8 Å². The van der Waals surface area contributed by atoms with Gasteiger partial charge < -0.3 is 34.3 Å². The van der Waals surface area contributed by atoms with Crippen molar-refractivity contribution >= 4 is 36.1 Å². The SMILES string of the molecule is CC(C)(C)OC(=O)N1C(=O)[C@@H]2CC[C@@H]1C2.COC(=O)[C@@H]1CCC(NC(=O)OC(C)(C)C)C1.COC(=O)[C@H]1CCC(NC(=O)OC(C)(C)C)C1. The van der Waals surface area contributed by atoms with Gasteiger partial charge in [0.15, 0.2) is 0 Å². The van der Waals surface area contributed by atoms with E-state index in [0.29, 0.717) is 12.8 Å². The summed E-state index contributed by atoms with van der Waals surface area (Å²) in [4.78, 5) is 70.4. The second-order valence-corrected chi connectivity index (χ2v) is 16.1. The molecule has 1 saturated heterocycles. The van der Waals surface area contributed by atoms with E-state index in [1.54, 1.807) is 0 Å². The number of ether oxygens (including phenoxy) is 5. The van der Waals surface area contributed by atoms with E-state index in [1.807, 2.05) is 62.3 Å². The van der Waals surface area contributed by atoms with Crippen molar-refractivity contribution in [1.82, 2.24) is 15.5 Å². The molecule has 0 radical (unpaired) electrons. The number of hydrogen-bond acceptors (Lipinski definition) is 11. The topological polar surface area (TPSA) is 176 Å². The summed E-state index contributed by atoms with van der Waals surface area (Å²) in [6.45, 7) is 16.3. The molecule has 14 nitrogen and oxygen atoms in total. The van der Waals surface area contributed by atoms with Crippen molar-refractivity contribution in [1.29, 1.82) is 0 Å². The van der Waals surface area contributed by atoms with Gasteiger partial charge in [-0.25, -0.2) is 19.3 Å². The first-order valence-corrected chi connectivity index (χ1v) is 17.2. The Labute approximate surface area is 291 Å². The molecule has 3 saturated carbocycles. The largest absolute Gasteiger partial charge is 0.469 e. The number of alkyl carbamates (subject to hydrolysis) is 2. The van der Waals surface area contributed by atoms with Crippen LogP contribution in [0.5, 0.6) is 0 Å². The van der Waals surface area contributed by atoms with E-state index < -0.39 is 35.1 Å². The van der Waals surface area contributed by atoms with Gasteiger partial charge in [0.05, 0.1) is 26.1 Å². The lowest BCUT2D eigenvalue weighted by Gasteiger charge is -2.28. The molecule has 2 unspecified atom stereocenters. The maximum Gasteiger partial charge on any atom is 0.417 e. The molecule has 4 rings (SSSR count). The summed E-state index contributed by atoms with van der Waals surface area (Å²) in [5.41, 5.74) is -1.52. The Morgan fingerprint density at radius 1 is 0.592 bits per heavy atom. The van der Waals surface area contributed by atoms with Gasteiger partial charge in [-0.3, -0.25) is 14.4 Å². The predicted molar refractivity (Wildman–Crippen MR) is 179 cm³/mol. The molecule has 2 N–H and O–H groups in total. The molecule has 1 aliphatic heterocycles. The number of methoxy groups -OCH3 is 2. The number of piperidine rings is 1. The molecule has 6 atom stereocenters. The Bertz CT molecular complexity index is 1120. The van der Waals surface area contributed by atoms with Gasteiger partial charge in [-0.05, 0) is 120 Å². The van der Waals surface area contributed by atoms with Crippen molar-refractivity contribution in [3.63, 3.8) is 0 Å². The van der Waals surface area contributed by atoms with Crippen LogP contribution in [0.2, 0.25) is 0 Å². The minimum Gasteiger partial charge on any atom is -0.469 e. The summed E-state index contributed by atoms with van der Waals surface area (Å²) < 4.78 is 24.9. The molecule has 1 heterocycles. The van der Waals surface area contributed by atoms with Crippen molar-refractivity contribution in [2.75, 3.05) is 14.2 Å². The van der Waals surface area contributed by atoms with Crippen LogP contribution in [0, 0.1) is 17.8 Å². The van der Waals surface area contributed by atoms with Crippen molar-refractivity contribution in [3.8, 4) is 0 Å². The fraction of sp³-hybridized carbons (Fsp3) is 0.829. The molecule has 49 heavy (non-hydrogen) atoms. The van der Waals surface area contributed by atoms with Crippen molar-refractivity contribution in [3.05, 3.63) is 0 Å². The Balaban J connectivity index is 0.000000256. The fourth-order valence-electron chi connectivity index (χ4n) is 6.28. The Kier molecular flexibility index (Phi) is 14.7. The number of nitrogens with zero attached hydrogens (tertiary/aromatic N) is 1. The van der Waals surface area contributed by atoms with Crippen molar-refractivity contribution in [2.45, 2.75) is 155 Å². The predicted octanol–water partition coefficient (Wildman–Crippen LogP) is 5.64. The number of hydrogen-bond donors (Lipinski definition) is 2. The Hall–Kier alpha value is -3.58. The van der Waals surface area contributed by atoms with E-state index >= 15 is 0 Å². The molecule has 3 aliphatic carbocycles. The molecule has 0 aromatic rings. The monoisotopic (exact) mass is 697 g/mol. The van der Waals surface area contributed by atoms with Crippen LogP contribution in [0.3, 0.4) is 0 Å². The van der Waals surface area contributed by atoms with Crippen LogP contribution >= 0.6 is 0 Å². The lowest BCUT2D eigenvalue weighted by molar-refractivity contribution is -0.146. The van der Waals surface area contributed by atoms with E-state index in [-0.39, 0.29) is 53.7 Å². The van der Waals surface area contributed by atoms with Gasteiger partial charge in [0, 0.05) is 24.0 Å². The summed E-state index contributed by atoms with van der Waals surface area (Å²) in [5, 5.41) is 5.55. The smallest absolute Gasteiger partial charge is 0.417 e. The van der Waals surface area contributed by atoms with Gasteiger partial charge in [0.2, 0.25) is 5.91 Å². The fourth-order valence-corrected chi connectivity index (χ4v) is 6.28. The minimum atomic E-state index is -0.529. The standard InChI is InChI=1S/2C12H21NO4.C11H17NO3/c2*1-12(2,3)17-11(15)13-9-6-5-8(7-9)10(14)16-4;1-11(2,3)15-10(14)12-8-5-4-7(6-8)9(12)13/h2*8-9H,5-7H2,1-4H3,(H,13,15);7-8H,4-6H2,1-3H3/t2*8-,9?;7-,8-/m101/s1. The van der Waals surface area contributed by atoms with Crippen LogP contribution < -0.4 is 10.6 Å². The first-order valence-electron chi connectivity index (χ1n) is 17.2. The van der Waals surface area contributed by atoms with E-state index in [0.717, 1.165) is 44.9 Å².